The monoisotopic (exact) mass is 326 g/mol. The smallest absolute Gasteiger partial charge is 0.237 e. The second-order valence-electron chi connectivity index (χ2n) is 5.12. The molecule has 0 atom stereocenters. The van der Waals surface area contributed by atoms with Gasteiger partial charge in [-0.1, -0.05) is 0 Å². The van der Waals surface area contributed by atoms with Gasteiger partial charge in [-0.2, -0.15) is 0 Å². The topological polar surface area (TPSA) is 67.4 Å². The molecule has 2 aliphatic heterocycles. The maximum absolute atomic E-state index is 11.3. The van der Waals surface area contributed by atoms with Crippen LogP contribution in [0.4, 0.5) is 0 Å². The highest BCUT2D eigenvalue weighted by atomic mass is 79.9. The fourth-order valence-corrected chi connectivity index (χ4v) is 3.06. The molecular weight excluding hydrogens is 312 g/mol. The minimum absolute atomic E-state index is 0.00705. The number of nitrogens with one attached hydrogen (secondary N) is 1. The first-order valence-corrected chi connectivity index (χ1v) is 6.98. The number of nitrogens with zero attached hydrogens (tertiary/aromatic N) is 3. The predicted octanol–water partition coefficient (Wildman–Crippen LogP) is 0.712. The molecule has 0 aromatic carbocycles. The Hall–Kier alpha value is -1.21. The van der Waals surface area contributed by atoms with Crippen LogP contribution in [0.5, 0.6) is 5.88 Å². The summed E-state index contributed by atoms with van der Waals surface area (Å²) in [6.45, 7) is 2.44. The van der Waals surface area contributed by atoms with Crippen LogP contribution >= 0.6 is 15.9 Å². The third-order valence-electron chi connectivity index (χ3n) is 3.64. The van der Waals surface area contributed by atoms with Gasteiger partial charge in [-0.15, -0.1) is 0 Å². The molecule has 3 rings (SSSR count). The molecule has 102 valence electrons. The molecule has 7 heteroatoms. The molecule has 1 spiro atoms. The van der Waals surface area contributed by atoms with Crippen molar-refractivity contribution in [3.05, 3.63) is 16.5 Å². The number of aromatic nitrogens is 2. The van der Waals surface area contributed by atoms with Crippen molar-refractivity contribution in [1.29, 1.82) is 0 Å². The number of carbonyl (C=O) groups excluding carboxylic acids is 1. The average molecular weight is 327 g/mol. The zero-order valence-electron chi connectivity index (χ0n) is 10.6. The quantitative estimate of drug-likeness (QED) is 0.886. The van der Waals surface area contributed by atoms with Gasteiger partial charge in [0.1, 0.15) is 10.3 Å². The van der Waals surface area contributed by atoms with E-state index >= 15 is 0 Å². The van der Waals surface area contributed by atoms with E-state index in [-0.39, 0.29) is 11.4 Å². The molecule has 1 aromatic heterocycles. The SMILES string of the molecule is COc1nc(Br)cnc1CN1CC2(CCC(=O)N2)C1. The molecule has 19 heavy (non-hydrogen) atoms. The summed E-state index contributed by atoms with van der Waals surface area (Å²) in [5.74, 6) is 0.714. The van der Waals surface area contributed by atoms with Gasteiger partial charge in [0.2, 0.25) is 11.8 Å². The second-order valence-corrected chi connectivity index (χ2v) is 5.93. The van der Waals surface area contributed by atoms with E-state index in [2.05, 4.69) is 36.1 Å². The summed E-state index contributed by atoms with van der Waals surface area (Å²) in [7, 11) is 1.59. The van der Waals surface area contributed by atoms with Crippen LogP contribution in [0.1, 0.15) is 18.5 Å². The number of ether oxygens (including phenoxy) is 1. The van der Waals surface area contributed by atoms with Crippen LogP contribution in [0, 0.1) is 0 Å². The molecule has 0 unspecified atom stereocenters. The van der Waals surface area contributed by atoms with Crippen molar-refractivity contribution in [2.45, 2.75) is 24.9 Å². The van der Waals surface area contributed by atoms with Crippen LogP contribution < -0.4 is 10.1 Å². The van der Waals surface area contributed by atoms with Crippen molar-refractivity contribution in [2.24, 2.45) is 0 Å². The van der Waals surface area contributed by atoms with E-state index in [1.807, 2.05) is 0 Å². The van der Waals surface area contributed by atoms with Crippen LogP contribution in [-0.2, 0) is 11.3 Å². The molecule has 1 amide bonds. The standard InChI is InChI=1S/C12H15BrN4O2/c1-19-11-8(14-4-9(13)15-11)5-17-6-12(7-17)3-2-10(18)16-12/h4H,2-3,5-7H2,1H3,(H,16,18). The number of carbonyl (C=O) groups is 1. The summed E-state index contributed by atoms with van der Waals surface area (Å²) in [6.07, 6.45) is 3.26. The van der Waals surface area contributed by atoms with Crippen LogP contribution in [0.2, 0.25) is 0 Å². The number of halogens is 1. The van der Waals surface area contributed by atoms with E-state index in [1.165, 1.54) is 0 Å². The Labute approximate surface area is 119 Å². The number of hydrogen-bond donors (Lipinski definition) is 1. The van der Waals surface area contributed by atoms with Crippen molar-refractivity contribution in [2.75, 3.05) is 20.2 Å². The molecule has 2 fully saturated rings. The largest absolute Gasteiger partial charge is 0.480 e. The molecular formula is C12H15BrN4O2. The highest BCUT2D eigenvalue weighted by molar-refractivity contribution is 9.10. The van der Waals surface area contributed by atoms with Gasteiger partial charge in [0.05, 0.1) is 18.8 Å². The van der Waals surface area contributed by atoms with Gasteiger partial charge >= 0.3 is 0 Å². The summed E-state index contributed by atoms with van der Waals surface area (Å²) in [5, 5.41) is 3.06. The van der Waals surface area contributed by atoms with E-state index in [9.17, 15) is 4.79 Å². The van der Waals surface area contributed by atoms with Crippen molar-refractivity contribution in [3.63, 3.8) is 0 Å². The molecule has 2 saturated heterocycles. The van der Waals surface area contributed by atoms with Crippen LogP contribution in [0.3, 0.4) is 0 Å². The van der Waals surface area contributed by atoms with Gasteiger partial charge in [0.25, 0.3) is 0 Å². The maximum atomic E-state index is 11.3. The Morgan fingerprint density at radius 3 is 3.00 bits per heavy atom. The first-order chi connectivity index (χ1) is 9.10. The lowest BCUT2D eigenvalue weighted by Gasteiger charge is -2.47. The Morgan fingerprint density at radius 1 is 1.58 bits per heavy atom. The fraction of sp³-hybridized carbons (Fsp3) is 0.583. The molecule has 2 aliphatic rings. The first-order valence-electron chi connectivity index (χ1n) is 6.19. The number of amides is 1. The molecule has 1 aromatic rings. The number of methoxy groups -OCH3 is 1. The Kier molecular flexibility index (Phi) is 3.18. The third-order valence-corrected chi connectivity index (χ3v) is 4.02. The molecule has 0 aliphatic carbocycles. The highest BCUT2D eigenvalue weighted by Gasteiger charge is 2.47. The summed E-state index contributed by atoms with van der Waals surface area (Å²) in [6, 6.07) is 0. The van der Waals surface area contributed by atoms with Gasteiger partial charge in [0.15, 0.2) is 0 Å². The molecule has 0 saturated carbocycles. The molecule has 1 N–H and O–H groups in total. The Balaban J connectivity index is 1.63. The molecule has 3 heterocycles. The summed E-state index contributed by atoms with van der Waals surface area (Å²) in [4.78, 5) is 22.1. The summed E-state index contributed by atoms with van der Waals surface area (Å²) >= 11 is 3.28. The van der Waals surface area contributed by atoms with Crippen molar-refractivity contribution in [3.8, 4) is 5.88 Å². The maximum Gasteiger partial charge on any atom is 0.237 e. The Morgan fingerprint density at radius 2 is 2.37 bits per heavy atom. The van der Waals surface area contributed by atoms with Crippen molar-refractivity contribution < 1.29 is 9.53 Å². The lowest BCUT2D eigenvalue weighted by molar-refractivity contribution is -0.120. The number of likely N-dealkylation sites (tertiary alicyclic amines) is 1. The van der Waals surface area contributed by atoms with E-state index < -0.39 is 0 Å². The number of hydrogen-bond acceptors (Lipinski definition) is 5. The minimum Gasteiger partial charge on any atom is -0.480 e. The van der Waals surface area contributed by atoms with Gasteiger partial charge in [-0.05, 0) is 22.4 Å². The van der Waals surface area contributed by atoms with Gasteiger partial charge in [-0.3, -0.25) is 14.7 Å². The van der Waals surface area contributed by atoms with Crippen LogP contribution in [0.15, 0.2) is 10.8 Å². The molecule has 6 nitrogen and oxygen atoms in total. The molecule has 0 radical (unpaired) electrons. The van der Waals surface area contributed by atoms with Gasteiger partial charge < -0.3 is 10.1 Å². The highest BCUT2D eigenvalue weighted by Crippen LogP contribution is 2.32. The van der Waals surface area contributed by atoms with Gasteiger partial charge in [0, 0.05) is 26.1 Å². The minimum atomic E-state index is 0.00705. The summed E-state index contributed by atoms with van der Waals surface area (Å²) in [5.41, 5.74) is 0.831. The van der Waals surface area contributed by atoms with E-state index in [0.29, 0.717) is 23.4 Å². The zero-order valence-corrected chi connectivity index (χ0v) is 12.2. The predicted molar refractivity (Wildman–Crippen MR) is 71.7 cm³/mol. The lowest BCUT2D eigenvalue weighted by atomic mass is 9.88. The lowest BCUT2D eigenvalue weighted by Crippen LogP contribution is -2.66. The normalized spacial score (nSPS) is 21.3. The number of rotatable bonds is 3. The zero-order chi connectivity index (χ0) is 13.5. The van der Waals surface area contributed by atoms with E-state index in [4.69, 9.17) is 4.74 Å². The van der Waals surface area contributed by atoms with Gasteiger partial charge in [-0.25, -0.2) is 4.98 Å². The van der Waals surface area contributed by atoms with E-state index in [0.717, 1.165) is 25.2 Å². The molecule has 0 bridgehead atoms. The van der Waals surface area contributed by atoms with Crippen molar-refractivity contribution in [1.82, 2.24) is 20.2 Å². The Bertz CT molecular complexity index is 516. The third kappa shape index (κ3) is 2.44. The van der Waals surface area contributed by atoms with E-state index in [1.54, 1.807) is 13.3 Å². The second kappa shape index (κ2) is 4.72. The van der Waals surface area contributed by atoms with Crippen LogP contribution in [-0.4, -0.2) is 46.5 Å². The summed E-state index contributed by atoms with van der Waals surface area (Å²) < 4.78 is 5.89. The average Bonchev–Trinajstić information content (AvgIpc) is 2.73. The fourth-order valence-electron chi connectivity index (χ4n) is 2.79. The van der Waals surface area contributed by atoms with Crippen molar-refractivity contribution >= 4 is 21.8 Å². The first kappa shape index (κ1) is 12.8. The van der Waals surface area contributed by atoms with Crippen LogP contribution in [0.25, 0.3) is 0 Å².